The first-order chi connectivity index (χ1) is 11.8. The summed E-state index contributed by atoms with van der Waals surface area (Å²) < 4.78 is 16.4. The average Bonchev–Trinajstić information content (AvgIpc) is 3.13. The fraction of sp³-hybridized carbons (Fsp3) is 0.611. The number of para-hydroxylation sites is 1. The van der Waals surface area contributed by atoms with Crippen molar-refractivity contribution in [2.75, 3.05) is 47.1 Å². The number of rotatable bonds is 9. The summed E-state index contributed by atoms with van der Waals surface area (Å²) in [6.07, 6.45) is 3.13. The molecule has 1 aromatic rings. The Morgan fingerprint density at radius 2 is 2.12 bits per heavy atom. The fourth-order valence-corrected chi connectivity index (χ4v) is 2.62. The number of guanidine groups is 1. The largest absolute Gasteiger partial charge is 0.496 e. The highest BCUT2D eigenvalue weighted by atomic mass is 16.5. The molecule has 0 aliphatic carbocycles. The Labute approximate surface area is 144 Å². The molecule has 6 nitrogen and oxygen atoms in total. The number of benzene rings is 1. The fourth-order valence-electron chi connectivity index (χ4n) is 2.62. The average molecular weight is 335 g/mol. The SMILES string of the molecule is CN=C(NCCCOC1CCOC1)NCCc1ccccc1OC. The molecular weight excluding hydrogens is 306 g/mol. The summed E-state index contributed by atoms with van der Waals surface area (Å²) in [6, 6.07) is 8.08. The van der Waals surface area contributed by atoms with Crippen LogP contribution >= 0.6 is 0 Å². The summed E-state index contributed by atoms with van der Waals surface area (Å²) >= 11 is 0. The van der Waals surface area contributed by atoms with Crippen LogP contribution in [0.15, 0.2) is 29.3 Å². The molecule has 1 unspecified atom stereocenters. The second-order valence-corrected chi connectivity index (χ2v) is 5.70. The van der Waals surface area contributed by atoms with Crippen molar-refractivity contribution in [1.29, 1.82) is 0 Å². The van der Waals surface area contributed by atoms with E-state index in [0.717, 1.165) is 63.9 Å². The lowest BCUT2D eigenvalue weighted by Crippen LogP contribution is -2.39. The minimum atomic E-state index is 0.281. The Morgan fingerprint density at radius 3 is 2.88 bits per heavy atom. The number of nitrogens with zero attached hydrogens (tertiary/aromatic N) is 1. The van der Waals surface area contributed by atoms with E-state index in [9.17, 15) is 0 Å². The van der Waals surface area contributed by atoms with Crippen LogP contribution in [0.25, 0.3) is 0 Å². The van der Waals surface area contributed by atoms with E-state index in [4.69, 9.17) is 14.2 Å². The van der Waals surface area contributed by atoms with Gasteiger partial charge in [-0.05, 0) is 30.9 Å². The Morgan fingerprint density at radius 1 is 1.29 bits per heavy atom. The molecule has 0 saturated carbocycles. The van der Waals surface area contributed by atoms with Gasteiger partial charge in [0.15, 0.2) is 5.96 Å². The van der Waals surface area contributed by atoms with Gasteiger partial charge in [0.1, 0.15) is 5.75 Å². The summed E-state index contributed by atoms with van der Waals surface area (Å²) in [7, 11) is 3.48. The lowest BCUT2D eigenvalue weighted by atomic mass is 10.1. The number of nitrogens with one attached hydrogen (secondary N) is 2. The summed E-state index contributed by atoms with van der Waals surface area (Å²) in [5, 5.41) is 6.63. The Kier molecular flexibility index (Phi) is 8.41. The van der Waals surface area contributed by atoms with Crippen molar-refractivity contribution in [2.24, 2.45) is 4.99 Å². The molecule has 0 radical (unpaired) electrons. The van der Waals surface area contributed by atoms with Crippen LogP contribution in [0.4, 0.5) is 0 Å². The smallest absolute Gasteiger partial charge is 0.190 e. The third-order valence-electron chi connectivity index (χ3n) is 3.96. The minimum Gasteiger partial charge on any atom is -0.496 e. The van der Waals surface area contributed by atoms with Gasteiger partial charge >= 0.3 is 0 Å². The standard InChI is InChI=1S/C18H29N3O3/c1-19-18(20-10-5-12-24-16-9-13-23-14-16)21-11-8-15-6-3-4-7-17(15)22-2/h3-4,6-7,16H,5,8-14H2,1-2H3,(H2,19,20,21). The second-order valence-electron chi connectivity index (χ2n) is 5.70. The predicted octanol–water partition coefficient (Wildman–Crippen LogP) is 1.60. The topological polar surface area (TPSA) is 64.1 Å². The van der Waals surface area contributed by atoms with Gasteiger partial charge in [0.05, 0.1) is 19.8 Å². The van der Waals surface area contributed by atoms with E-state index in [-0.39, 0.29) is 6.10 Å². The molecule has 0 aromatic heterocycles. The number of aliphatic imine (C=N–C) groups is 1. The van der Waals surface area contributed by atoms with Crippen molar-refractivity contribution in [3.05, 3.63) is 29.8 Å². The van der Waals surface area contributed by atoms with E-state index in [1.54, 1.807) is 14.2 Å². The van der Waals surface area contributed by atoms with Crippen LogP contribution in [0.5, 0.6) is 5.75 Å². The van der Waals surface area contributed by atoms with Gasteiger partial charge in [-0.1, -0.05) is 18.2 Å². The van der Waals surface area contributed by atoms with Gasteiger partial charge in [-0.15, -0.1) is 0 Å². The van der Waals surface area contributed by atoms with Gasteiger partial charge in [0, 0.05) is 33.4 Å². The molecule has 1 heterocycles. The third kappa shape index (κ3) is 6.37. The monoisotopic (exact) mass is 335 g/mol. The molecule has 2 N–H and O–H groups in total. The van der Waals surface area contributed by atoms with Crippen molar-refractivity contribution in [3.63, 3.8) is 0 Å². The van der Waals surface area contributed by atoms with Crippen LogP contribution in [0.2, 0.25) is 0 Å². The highest BCUT2D eigenvalue weighted by Crippen LogP contribution is 2.17. The molecule has 1 atom stereocenters. The van der Waals surface area contributed by atoms with Gasteiger partial charge in [-0.25, -0.2) is 0 Å². The first-order valence-corrected chi connectivity index (χ1v) is 8.59. The number of hydrogen-bond acceptors (Lipinski definition) is 4. The predicted molar refractivity (Wildman–Crippen MR) is 95.9 cm³/mol. The first-order valence-electron chi connectivity index (χ1n) is 8.59. The molecule has 0 spiro atoms. The third-order valence-corrected chi connectivity index (χ3v) is 3.96. The van der Waals surface area contributed by atoms with Crippen molar-refractivity contribution in [2.45, 2.75) is 25.4 Å². The maximum Gasteiger partial charge on any atom is 0.190 e. The van der Waals surface area contributed by atoms with Crippen molar-refractivity contribution in [3.8, 4) is 5.75 Å². The van der Waals surface area contributed by atoms with Crippen molar-refractivity contribution in [1.82, 2.24) is 10.6 Å². The normalized spacial score (nSPS) is 17.8. The molecule has 134 valence electrons. The van der Waals surface area contributed by atoms with E-state index in [0.29, 0.717) is 0 Å². The van der Waals surface area contributed by atoms with Gasteiger partial charge in [0.2, 0.25) is 0 Å². The highest BCUT2D eigenvalue weighted by molar-refractivity contribution is 5.79. The summed E-state index contributed by atoms with van der Waals surface area (Å²) in [5.74, 6) is 1.74. The lowest BCUT2D eigenvalue weighted by Gasteiger charge is -2.14. The zero-order valence-electron chi connectivity index (χ0n) is 14.7. The Hall–Kier alpha value is -1.79. The summed E-state index contributed by atoms with van der Waals surface area (Å²) in [5.41, 5.74) is 1.19. The van der Waals surface area contributed by atoms with Gasteiger partial charge < -0.3 is 24.8 Å². The molecule has 0 bridgehead atoms. The number of hydrogen-bond donors (Lipinski definition) is 2. The zero-order chi connectivity index (χ0) is 17.0. The second kappa shape index (κ2) is 10.9. The maximum absolute atomic E-state index is 5.74. The number of ether oxygens (including phenoxy) is 3. The maximum atomic E-state index is 5.74. The quantitative estimate of drug-likeness (QED) is 0.408. The molecular formula is C18H29N3O3. The van der Waals surface area contributed by atoms with Crippen molar-refractivity contribution >= 4 is 5.96 Å². The molecule has 1 fully saturated rings. The van der Waals surface area contributed by atoms with E-state index < -0.39 is 0 Å². The highest BCUT2D eigenvalue weighted by Gasteiger charge is 2.15. The van der Waals surface area contributed by atoms with Crippen LogP contribution in [0.3, 0.4) is 0 Å². The lowest BCUT2D eigenvalue weighted by molar-refractivity contribution is 0.0420. The molecule has 6 heteroatoms. The van der Waals surface area contributed by atoms with E-state index in [1.165, 1.54) is 5.56 Å². The van der Waals surface area contributed by atoms with E-state index >= 15 is 0 Å². The Bertz CT molecular complexity index is 502. The van der Waals surface area contributed by atoms with Gasteiger partial charge in [-0.3, -0.25) is 4.99 Å². The van der Waals surface area contributed by atoms with Crippen LogP contribution in [-0.4, -0.2) is 59.1 Å². The van der Waals surface area contributed by atoms with Gasteiger partial charge in [0.25, 0.3) is 0 Å². The van der Waals surface area contributed by atoms with Crippen LogP contribution in [0, 0.1) is 0 Å². The van der Waals surface area contributed by atoms with Crippen LogP contribution < -0.4 is 15.4 Å². The van der Waals surface area contributed by atoms with Gasteiger partial charge in [-0.2, -0.15) is 0 Å². The Balaban J connectivity index is 1.58. The van der Waals surface area contributed by atoms with Crippen LogP contribution in [0.1, 0.15) is 18.4 Å². The van der Waals surface area contributed by atoms with Crippen LogP contribution in [-0.2, 0) is 15.9 Å². The number of methoxy groups -OCH3 is 1. The molecule has 2 rings (SSSR count). The molecule has 1 aromatic carbocycles. The first kappa shape index (κ1) is 18.5. The summed E-state index contributed by atoms with van der Waals surface area (Å²) in [4.78, 5) is 4.24. The zero-order valence-corrected chi connectivity index (χ0v) is 14.7. The van der Waals surface area contributed by atoms with Crippen molar-refractivity contribution < 1.29 is 14.2 Å². The summed E-state index contributed by atoms with van der Waals surface area (Å²) in [6.45, 7) is 3.95. The molecule has 1 saturated heterocycles. The van der Waals surface area contributed by atoms with E-state index in [2.05, 4.69) is 21.7 Å². The molecule has 1 aliphatic rings. The van der Waals surface area contributed by atoms with E-state index in [1.807, 2.05) is 18.2 Å². The molecule has 1 aliphatic heterocycles. The minimum absolute atomic E-state index is 0.281. The molecule has 0 amide bonds. The molecule has 24 heavy (non-hydrogen) atoms.